The van der Waals surface area contributed by atoms with Gasteiger partial charge in [-0.15, -0.1) is 0 Å². The molecule has 0 amide bonds. The second-order valence-electron chi connectivity index (χ2n) is 4.89. The van der Waals surface area contributed by atoms with Crippen LogP contribution in [0.4, 0.5) is 0 Å². The van der Waals surface area contributed by atoms with Crippen molar-refractivity contribution in [3.63, 3.8) is 0 Å². The average molecular weight is 234 g/mol. The number of hydrogen-bond donors (Lipinski definition) is 1. The molecule has 2 nitrogen and oxygen atoms in total. The first-order valence-corrected chi connectivity index (χ1v) is 6.68. The first-order valence-electron chi connectivity index (χ1n) is 6.68. The van der Waals surface area contributed by atoms with Gasteiger partial charge in [-0.1, -0.05) is 37.6 Å². The van der Waals surface area contributed by atoms with Crippen LogP contribution in [0.1, 0.15) is 49.8 Å². The highest BCUT2D eigenvalue weighted by Gasteiger charge is 2.19. The van der Waals surface area contributed by atoms with Gasteiger partial charge in [0.25, 0.3) is 0 Å². The van der Waals surface area contributed by atoms with Crippen LogP contribution in [0.25, 0.3) is 0 Å². The van der Waals surface area contributed by atoms with Crippen molar-refractivity contribution in [3.05, 3.63) is 35.4 Å². The van der Waals surface area contributed by atoms with Gasteiger partial charge in [0, 0.05) is 0 Å². The van der Waals surface area contributed by atoms with Crippen molar-refractivity contribution in [1.82, 2.24) is 0 Å². The van der Waals surface area contributed by atoms with Gasteiger partial charge in [0.05, 0.1) is 12.7 Å². The van der Waals surface area contributed by atoms with Crippen molar-refractivity contribution in [2.45, 2.75) is 51.2 Å². The van der Waals surface area contributed by atoms with Crippen molar-refractivity contribution in [2.24, 2.45) is 0 Å². The van der Waals surface area contributed by atoms with E-state index in [4.69, 9.17) is 4.74 Å². The van der Waals surface area contributed by atoms with Crippen LogP contribution in [0.3, 0.4) is 0 Å². The van der Waals surface area contributed by atoms with Crippen molar-refractivity contribution < 1.29 is 9.84 Å². The summed E-state index contributed by atoms with van der Waals surface area (Å²) in [5.41, 5.74) is 2.30. The van der Waals surface area contributed by atoms with Gasteiger partial charge in [-0.3, -0.25) is 0 Å². The largest absolute Gasteiger partial charge is 0.386 e. The van der Waals surface area contributed by atoms with Crippen LogP contribution in [0, 0.1) is 0 Å². The van der Waals surface area contributed by atoms with E-state index in [1.165, 1.54) is 12.0 Å². The van der Waals surface area contributed by atoms with Gasteiger partial charge < -0.3 is 9.84 Å². The molecule has 1 unspecified atom stereocenters. The normalized spacial score (nSPS) is 17.8. The molecule has 1 aromatic carbocycles. The fourth-order valence-electron chi connectivity index (χ4n) is 2.06. The molecule has 0 saturated heterocycles. The Morgan fingerprint density at radius 3 is 2.53 bits per heavy atom. The summed E-state index contributed by atoms with van der Waals surface area (Å²) in [6.45, 7) is 2.60. The van der Waals surface area contributed by atoms with E-state index >= 15 is 0 Å². The number of aliphatic hydroxyl groups is 1. The summed E-state index contributed by atoms with van der Waals surface area (Å²) >= 11 is 0. The van der Waals surface area contributed by atoms with E-state index in [2.05, 4.69) is 19.1 Å². The number of hydrogen-bond acceptors (Lipinski definition) is 2. The zero-order valence-corrected chi connectivity index (χ0v) is 10.6. The Morgan fingerprint density at radius 1 is 1.29 bits per heavy atom. The van der Waals surface area contributed by atoms with Gasteiger partial charge >= 0.3 is 0 Å². The maximum absolute atomic E-state index is 9.98. The lowest BCUT2D eigenvalue weighted by Gasteiger charge is -2.26. The van der Waals surface area contributed by atoms with E-state index in [1.807, 2.05) is 12.1 Å². The Bertz CT molecular complexity index is 327. The maximum atomic E-state index is 9.98. The van der Waals surface area contributed by atoms with Gasteiger partial charge in [-0.25, -0.2) is 0 Å². The molecule has 0 bridgehead atoms. The number of benzene rings is 1. The zero-order valence-electron chi connectivity index (χ0n) is 10.6. The molecule has 1 fully saturated rings. The van der Waals surface area contributed by atoms with Crippen molar-refractivity contribution in [3.8, 4) is 0 Å². The van der Waals surface area contributed by atoms with Gasteiger partial charge in [-0.2, -0.15) is 0 Å². The maximum Gasteiger partial charge on any atom is 0.102 e. The summed E-state index contributed by atoms with van der Waals surface area (Å²) in [5, 5.41) is 9.98. The van der Waals surface area contributed by atoms with E-state index in [-0.39, 0.29) is 0 Å². The fourth-order valence-corrected chi connectivity index (χ4v) is 2.06. The third-order valence-corrected chi connectivity index (χ3v) is 3.45. The van der Waals surface area contributed by atoms with E-state index in [9.17, 15) is 5.11 Å². The lowest BCUT2D eigenvalue weighted by atomic mass is 9.96. The second-order valence-corrected chi connectivity index (χ2v) is 4.89. The molecule has 17 heavy (non-hydrogen) atoms. The lowest BCUT2D eigenvalue weighted by molar-refractivity contribution is -0.0426. The molecule has 94 valence electrons. The van der Waals surface area contributed by atoms with Crippen molar-refractivity contribution >= 4 is 0 Å². The minimum atomic E-state index is -0.480. The number of aliphatic hydroxyl groups excluding tert-OH is 1. The molecular weight excluding hydrogens is 212 g/mol. The lowest BCUT2D eigenvalue weighted by Crippen LogP contribution is -2.24. The standard InChI is InChI=1S/C15H22O2/c1-2-4-12-7-9-13(10-8-12)15(16)11-17-14-5-3-6-14/h7-10,14-16H,2-6,11H2,1H3. The highest BCUT2D eigenvalue weighted by Crippen LogP contribution is 2.24. The van der Waals surface area contributed by atoms with Crippen molar-refractivity contribution in [1.29, 1.82) is 0 Å². The first kappa shape index (κ1) is 12.6. The predicted octanol–water partition coefficient (Wildman–Crippen LogP) is 3.24. The molecule has 0 spiro atoms. The van der Waals surface area contributed by atoms with Gasteiger partial charge in [0.2, 0.25) is 0 Å². The molecule has 0 aliphatic heterocycles. The molecule has 1 aliphatic rings. The summed E-state index contributed by atoms with van der Waals surface area (Å²) in [4.78, 5) is 0. The summed E-state index contributed by atoms with van der Waals surface area (Å²) in [7, 11) is 0. The van der Waals surface area contributed by atoms with Gasteiger partial charge in [-0.05, 0) is 36.8 Å². The van der Waals surface area contributed by atoms with E-state index < -0.39 is 6.10 Å². The molecule has 0 heterocycles. The highest BCUT2D eigenvalue weighted by molar-refractivity contribution is 5.24. The number of aryl methyl sites for hydroxylation is 1. The summed E-state index contributed by atoms with van der Waals surface area (Å²) in [6, 6.07) is 8.23. The first-order chi connectivity index (χ1) is 8.29. The topological polar surface area (TPSA) is 29.5 Å². The molecule has 2 rings (SSSR count). The Balaban J connectivity index is 1.82. The molecule has 1 aromatic rings. The van der Waals surface area contributed by atoms with Crippen LogP contribution in [0.5, 0.6) is 0 Å². The van der Waals surface area contributed by atoms with Crippen molar-refractivity contribution in [2.75, 3.05) is 6.61 Å². The van der Waals surface area contributed by atoms with Gasteiger partial charge in [0.1, 0.15) is 6.10 Å². The summed E-state index contributed by atoms with van der Waals surface area (Å²) < 4.78 is 5.62. The molecule has 0 aromatic heterocycles. The third kappa shape index (κ3) is 3.55. The molecular formula is C15H22O2. The quantitative estimate of drug-likeness (QED) is 0.818. The summed E-state index contributed by atoms with van der Waals surface area (Å²) in [5.74, 6) is 0. The Kier molecular flexibility index (Phi) is 4.57. The minimum Gasteiger partial charge on any atom is -0.386 e. The van der Waals surface area contributed by atoms with Crippen LogP contribution >= 0.6 is 0 Å². The third-order valence-electron chi connectivity index (χ3n) is 3.45. The Labute approximate surface area is 104 Å². The molecule has 1 atom stereocenters. The summed E-state index contributed by atoms with van der Waals surface area (Å²) in [6.07, 6.45) is 5.76. The minimum absolute atomic E-state index is 0.393. The monoisotopic (exact) mass is 234 g/mol. The molecule has 1 saturated carbocycles. The molecule has 1 N–H and O–H groups in total. The molecule has 1 aliphatic carbocycles. The van der Waals surface area contributed by atoms with E-state index in [1.54, 1.807) is 0 Å². The number of rotatable bonds is 6. The van der Waals surface area contributed by atoms with Crippen LogP contribution in [-0.4, -0.2) is 17.8 Å². The highest BCUT2D eigenvalue weighted by atomic mass is 16.5. The van der Waals surface area contributed by atoms with Crippen LogP contribution in [0.15, 0.2) is 24.3 Å². The van der Waals surface area contributed by atoms with Crippen LogP contribution in [0.2, 0.25) is 0 Å². The van der Waals surface area contributed by atoms with Crippen LogP contribution in [-0.2, 0) is 11.2 Å². The number of ether oxygens (including phenoxy) is 1. The predicted molar refractivity (Wildman–Crippen MR) is 69.0 cm³/mol. The second kappa shape index (κ2) is 6.18. The van der Waals surface area contributed by atoms with E-state index in [0.717, 1.165) is 31.2 Å². The Hall–Kier alpha value is -0.860. The SMILES string of the molecule is CCCc1ccc(C(O)COC2CCC2)cc1. The van der Waals surface area contributed by atoms with E-state index in [0.29, 0.717) is 12.7 Å². The van der Waals surface area contributed by atoms with Crippen LogP contribution < -0.4 is 0 Å². The fraction of sp³-hybridized carbons (Fsp3) is 0.600. The zero-order chi connectivity index (χ0) is 12.1. The average Bonchev–Trinajstić information content (AvgIpc) is 2.28. The van der Waals surface area contributed by atoms with Gasteiger partial charge in [0.15, 0.2) is 0 Å². The molecule has 2 heteroatoms. The molecule has 0 radical (unpaired) electrons. The Morgan fingerprint density at radius 2 is 2.00 bits per heavy atom. The smallest absolute Gasteiger partial charge is 0.102 e.